The van der Waals surface area contributed by atoms with Gasteiger partial charge in [-0.1, -0.05) is 109 Å². The van der Waals surface area contributed by atoms with Crippen molar-refractivity contribution in [1.82, 2.24) is 0 Å². The molecule has 0 fully saturated rings. The van der Waals surface area contributed by atoms with Crippen molar-refractivity contribution in [2.24, 2.45) is 0 Å². The summed E-state index contributed by atoms with van der Waals surface area (Å²) in [7, 11) is -6.75. The van der Waals surface area contributed by atoms with E-state index in [1.807, 2.05) is 87.5 Å². The van der Waals surface area contributed by atoms with E-state index in [9.17, 15) is 30.4 Å². The average Bonchev–Trinajstić information content (AvgIpc) is 3.09. The molecule has 4 nitrogen and oxygen atoms in total. The normalized spacial score (nSPS) is 17.0. The van der Waals surface area contributed by atoms with Gasteiger partial charge in [0.1, 0.15) is 5.75 Å². The van der Waals surface area contributed by atoms with Crippen molar-refractivity contribution < 1.29 is 47.7 Å². The van der Waals surface area contributed by atoms with Crippen molar-refractivity contribution in [3.63, 3.8) is 0 Å². The van der Waals surface area contributed by atoms with Crippen LogP contribution in [0.5, 0.6) is 5.75 Å². The van der Waals surface area contributed by atoms with E-state index in [2.05, 4.69) is 34.3 Å². The maximum absolute atomic E-state index is 16.2. The Hall–Kier alpha value is -4.10. The van der Waals surface area contributed by atoms with Crippen LogP contribution in [-0.4, -0.2) is 31.4 Å². The number of nitrogens with zero attached hydrogens (tertiary/aromatic N) is 1. The van der Waals surface area contributed by atoms with Gasteiger partial charge in [0.15, 0.2) is 0 Å². The summed E-state index contributed by atoms with van der Waals surface area (Å²) in [6, 6.07) is 24.0. The van der Waals surface area contributed by atoms with Crippen LogP contribution in [0.1, 0.15) is 84.9 Å². The molecule has 0 bridgehead atoms. The number of benzene rings is 4. The van der Waals surface area contributed by atoms with Gasteiger partial charge in [-0.3, -0.25) is 0 Å². The maximum atomic E-state index is 16.2. The summed E-state index contributed by atoms with van der Waals surface area (Å²) >= 11 is 6.51. The highest BCUT2D eigenvalue weighted by Gasteiger charge is 2.85. The second kappa shape index (κ2) is 14.3. The smallest absolute Gasteiger partial charge is 0.380 e. The van der Waals surface area contributed by atoms with Crippen molar-refractivity contribution in [2.75, 3.05) is 4.90 Å². The first kappa shape index (κ1) is 44.0. The number of anilines is 3. The maximum Gasteiger partial charge on any atom is 0.460 e. The fraction of sp³-hybridized carbons (Fsp3) is 0.395. The summed E-state index contributed by atoms with van der Waals surface area (Å²) in [6.45, 7) is 17.6. The first-order chi connectivity index (χ1) is 25.9. The largest absolute Gasteiger partial charge is 0.460 e. The molecule has 1 unspecified atom stereocenters. The minimum atomic E-state index is -7.16. The van der Waals surface area contributed by atoms with Crippen LogP contribution < -0.4 is 9.08 Å². The van der Waals surface area contributed by atoms with Crippen molar-refractivity contribution in [3.8, 4) is 16.9 Å². The summed E-state index contributed by atoms with van der Waals surface area (Å²) in [6.07, 6.45) is -5.29. The Labute approximate surface area is 333 Å². The van der Waals surface area contributed by atoms with Crippen LogP contribution >= 0.6 is 11.6 Å². The molecule has 0 N–H and O–H groups in total. The summed E-state index contributed by atoms with van der Waals surface area (Å²) < 4.78 is 146. The van der Waals surface area contributed by atoms with E-state index in [-0.39, 0.29) is 33.9 Å². The molecule has 0 radical (unpaired) electrons. The molecule has 308 valence electrons. The molecule has 0 aromatic heterocycles. The highest BCUT2D eigenvalue weighted by atomic mass is 35.5. The van der Waals surface area contributed by atoms with Crippen LogP contribution in [0.15, 0.2) is 97.1 Å². The molecule has 14 heteroatoms. The van der Waals surface area contributed by atoms with Gasteiger partial charge >= 0.3 is 33.1 Å². The van der Waals surface area contributed by atoms with Crippen molar-refractivity contribution in [2.45, 2.75) is 107 Å². The summed E-state index contributed by atoms with van der Waals surface area (Å²) in [5, 5.41) is -6.04. The van der Waals surface area contributed by atoms with Crippen molar-refractivity contribution in [1.29, 1.82) is 0 Å². The highest BCUT2D eigenvalue weighted by Crippen LogP contribution is 2.57. The SMILES string of the molecule is C=C(C)C(F)(C(F)(F)C(F)(F)C(F)(F)F)S(=O)(=O)Oc1cc(Cl)cc(N(c2ccc3c(c2)C(C)(C)CCC3(C)C)c2ccc(C(C)(C)C)cc2-c2ccccc2)c1. The molecule has 0 saturated carbocycles. The van der Waals surface area contributed by atoms with Gasteiger partial charge in [-0.05, 0) is 94.2 Å². The Morgan fingerprint density at radius 2 is 1.32 bits per heavy atom. The van der Waals surface area contributed by atoms with Gasteiger partial charge in [0.05, 0.1) is 11.4 Å². The average molecular weight is 842 g/mol. The molecule has 4 aromatic carbocycles. The first-order valence-electron chi connectivity index (χ1n) is 18.0. The summed E-state index contributed by atoms with van der Waals surface area (Å²) in [4.78, 5) is 1.70. The van der Waals surface area contributed by atoms with E-state index < -0.39 is 44.5 Å². The molecule has 4 aromatic rings. The minimum absolute atomic E-state index is 0.0494. The second-order valence-electron chi connectivity index (χ2n) is 16.9. The first-order valence-corrected chi connectivity index (χ1v) is 19.7. The molecule has 0 spiro atoms. The van der Waals surface area contributed by atoms with E-state index in [0.29, 0.717) is 16.9 Å². The molecule has 1 aliphatic carbocycles. The van der Waals surface area contributed by atoms with Crippen LogP contribution in [0.3, 0.4) is 0 Å². The summed E-state index contributed by atoms with van der Waals surface area (Å²) in [5.74, 6) is -15.1. The Kier molecular flexibility index (Phi) is 11.1. The zero-order chi connectivity index (χ0) is 42.9. The monoisotopic (exact) mass is 841 g/mol. The van der Waals surface area contributed by atoms with Gasteiger partial charge in [-0.2, -0.15) is 39.2 Å². The number of fused-ring (bicyclic) bond motifs is 1. The van der Waals surface area contributed by atoms with E-state index in [4.69, 9.17) is 15.8 Å². The third-order valence-corrected chi connectivity index (χ3v) is 12.6. The van der Waals surface area contributed by atoms with Gasteiger partial charge in [-0.15, -0.1) is 0 Å². The standard InChI is InChI=1S/C43H44ClF8NO3S/c1-26(2)40(45,41(46,47)42(48,49)43(50,51)52)57(54,55)56-32-23-29(44)22-31(24-32)53(30-16-17-34-35(25-30)39(8,9)20-19-38(34,6)7)36-18-15-28(37(3,4)5)21-33(36)27-13-11-10-12-14-27/h10-18,21-25H,1,19-20H2,2-9H3. The van der Waals surface area contributed by atoms with Crippen LogP contribution in [0, 0.1) is 0 Å². The van der Waals surface area contributed by atoms with Crippen LogP contribution in [0.2, 0.25) is 5.02 Å². The molecule has 0 amide bonds. The molecule has 0 aliphatic heterocycles. The lowest BCUT2D eigenvalue weighted by molar-refractivity contribution is -0.367. The highest BCUT2D eigenvalue weighted by molar-refractivity contribution is 7.88. The Morgan fingerprint density at radius 1 is 0.737 bits per heavy atom. The summed E-state index contributed by atoms with van der Waals surface area (Å²) in [5.41, 5.74) is 2.99. The predicted molar refractivity (Wildman–Crippen MR) is 210 cm³/mol. The topological polar surface area (TPSA) is 46.6 Å². The third kappa shape index (κ3) is 7.66. The Bertz CT molecular complexity index is 2300. The molecule has 1 aliphatic rings. The fourth-order valence-electron chi connectivity index (χ4n) is 7.12. The van der Waals surface area contributed by atoms with E-state index in [1.165, 1.54) is 6.07 Å². The third-order valence-electron chi connectivity index (χ3n) is 10.7. The zero-order valence-corrected chi connectivity index (χ0v) is 34.3. The predicted octanol–water partition coefficient (Wildman–Crippen LogP) is 13.9. The zero-order valence-electron chi connectivity index (χ0n) is 32.7. The van der Waals surface area contributed by atoms with Crippen molar-refractivity contribution in [3.05, 3.63) is 119 Å². The van der Waals surface area contributed by atoms with Crippen molar-refractivity contribution >= 4 is 38.8 Å². The fourth-order valence-corrected chi connectivity index (χ4v) is 8.67. The Balaban J connectivity index is 1.80. The molecule has 0 saturated heterocycles. The molecule has 57 heavy (non-hydrogen) atoms. The van der Waals surface area contributed by atoms with Gasteiger partial charge in [0.25, 0.3) is 0 Å². The van der Waals surface area contributed by atoms with E-state index in [1.54, 1.807) is 4.90 Å². The number of hydrogen-bond donors (Lipinski definition) is 0. The van der Waals surface area contributed by atoms with Crippen LogP contribution in [0.4, 0.5) is 52.2 Å². The second-order valence-corrected chi connectivity index (χ2v) is 19.0. The molecular formula is C43H44ClF8NO3S. The number of hydrogen-bond acceptors (Lipinski definition) is 4. The van der Waals surface area contributed by atoms with Gasteiger partial charge < -0.3 is 9.08 Å². The molecule has 1 atom stereocenters. The number of rotatable bonds is 10. The quantitative estimate of drug-likeness (QED) is 0.0906. The lowest BCUT2D eigenvalue weighted by Gasteiger charge is -2.42. The molecular weight excluding hydrogens is 798 g/mol. The van der Waals surface area contributed by atoms with Gasteiger partial charge in [0, 0.05) is 28.4 Å². The lowest BCUT2D eigenvalue weighted by Crippen LogP contribution is -2.66. The minimum Gasteiger partial charge on any atom is -0.380 e. The number of halogens is 9. The van der Waals surface area contributed by atoms with Crippen LogP contribution in [0.25, 0.3) is 11.1 Å². The lowest BCUT2D eigenvalue weighted by atomic mass is 9.63. The van der Waals surface area contributed by atoms with Gasteiger partial charge in [0.2, 0.25) is 0 Å². The Morgan fingerprint density at radius 3 is 1.86 bits per heavy atom. The van der Waals surface area contributed by atoms with Crippen LogP contribution in [-0.2, 0) is 26.4 Å². The molecule has 5 rings (SSSR count). The van der Waals surface area contributed by atoms with E-state index >= 15 is 13.2 Å². The molecule has 0 heterocycles. The number of alkyl halides is 8. The van der Waals surface area contributed by atoms with Gasteiger partial charge in [-0.25, -0.2) is 4.39 Å². The van der Waals surface area contributed by atoms with E-state index in [0.717, 1.165) is 47.2 Å².